The van der Waals surface area contributed by atoms with Crippen LogP contribution in [0, 0.1) is 0 Å². The van der Waals surface area contributed by atoms with Crippen LogP contribution in [0.4, 0.5) is 0 Å². The summed E-state index contributed by atoms with van der Waals surface area (Å²) < 4.78 is 20.9. The van der Waals surface area contributed by atoms with Crippen molar-refractivity contribution >= 4 is 13.6 Å². The van der Waals surface area contributed by atoms with Crippen LogP contribution in [-0.4, -0.2) is 19.2 Å². The van der Waals surface area contributed by atoms with Gasteiger partial charge >= 0.3 is 13.6 Å². The van der Waals surface area contributed by atoms with E-state index in [0.29, 0.717) is 6.42 Å². The maximum absolute atomic E-state index is 11.6. The molecule has 4 nitrogen and oxygen atoms in total. The fraction of sp³-hybridized carbons (Fsp3) is 0.625. The number of carbonyl (C=O) groups excluding carboxylic acids is 1. The van der Waals surface area contributed by atoms with Gasteiger partial charge in [0.15, 0.2) is 0 Å². The van der Waals surface area contributed by atoms with Crippen molar-refractivity contribution in [3.63, 3.8) is 0 Å². The lowest BCUT2D eigenvalue weighted by atomic mass is 10.4. The molecule has 0 heterocycles. The molecule has 0 aliphatic rings. The summed E-state index contributed by atoms with van der Waals surface area (Å²) in [7, 11) is -1.94. The molecule has 0 radical (unpaired) electrons. The van der Waals surface area contributed by atoms with E-state index in [2.05, 4.69) is 15.6 Å². The van der Waals surface area contributed by atoms with Gasteiger partial charge in [0.25, 0.3) is 0 Å². The van der Waals surface area contributed by atoms with Crippen LogP contribution in [0.5, 0.6) is 0 Å². The van der Waals surface area contributed by atoms with E-state index in [1.54, 1.807) is 0 Å². The lowest BCUT2D eigenvalue weighted by Gasteiger charge is -2.13. The molecular formula is C8H15O4P. The fourth-order valence-corrected chi connectivity index (χ4v) is 2.10. The van der Waals surface area contributed by atoms with E-state index in [4.69, 9.17) is 0 Å². The quantitative estimate of drug-likeness (QED) is 0.494. The van der Waals surface area contributed by atoms with E-state index in [0.717, 1.165) is 12.5 Å². The van der Waals surface area contributed by atoms with Crippen LogP contribution in [0.3, 0.4) is 0 Å². The van der Waals surface area contributed by atoms with E-state index in [1.165, 1.54) is 7.11 Å². The first-order chi connectivity index (χ1) is 6.08. The van der Waals surface area contributed by atoms with Crippen LogP contribution in [-0.2, 0) is 18.4 Å². The zero-order valence-corrected chi connectivity index (χ0v) is 8.88. The number of unbranched alkanes of at least 4 members (excludes halogenated alkanes) is 1. The van der Waals surface area contributed by atoms with Crippen molar-refractivity contribution in [1.82, 2.24) is 0 Å². The second-order valence-corrected chi connectivity index (χ2v) is 4.70. The highest BCUT2D eigenvalue weighted by molar-refractivity contribution is 7.54. The lowest BCUT2D eigenvalue weighted by Crippen LogP contribution is -2.03. The van der Waals surface area contributed by atoms with Gasteiger partial charge in [0.05, 0.1) is 6.16 Å². The summed E-state index contributed by atoms with van der Waals surface area (Å²) >= 11 is 0. The Kier molecular flexibility index (Phi) is 5.67. The van der Waals surface area contributed by atoms with E-state index < -0.39 is 13.6 Å². The van der Waals surface area contributed by atoms with Gasteiger partial charge in [0.1, 0.15) is 0 Å². The topological polar surface area (TPSA) is 52.6 Å². The molecule has 0 aromatic heterocycles. The molecule has 0 fully saturated rings. The zero-order valence-electron chi connectivity index (χ0n) is 7.99. The van der Waals surface area contributed by atoms with Crippen molar-refractivity contribution in [2.45, 2.75) is 19.8 Å². The predicted octanol–water partition coefficient (Wildman–Crippen LogP) is 2.36. The number of carbonyl (C=O) groups is 1. The Morgan fingerprint density at radius 1 is 1.62 bits per heavy atom. The van der Waals surface area contributed by atoms with E-state index in [1.807, 2.05) is 6.92 Å². The highest BCUT2D eigenvalue weighted by Gasteiger charge is 2.25. The second-order valence-electron chi connectivity index (χ2n) is 2.49. The summed E-state index contributed by atoms with van der Waals surface area (Å²) in [5.74, 6) is -0.707. The van der Waals surface area contributed by atoms with Gasteiger partial charge in [0.2, 0.25) is 0 Å². The molecule has 0 amide bonds. The Hall–Kier alpha value is -0.600. The van der Waals surface area contributed by atoms with Crippen molar-refractivity contribution < 1.29 is 18.4 Å². The average molecular weight is 206 g/mol. The van der Waals surface area contributed by atoms with Crippen molar-refractivity contribution in [2.75, 3.05) is 13.3 Å². The van der Waals surface area contributed by atoms with Crippen LogP contribution in [0.1, 0.15) is 19.8 Å². The SMILES string of the molecule is C=CC(=O)OP(=O)(CCCC)OC. The van der Waals surface area contributed by atoms with Gasteiger partial charge in [0, 0.05) is 13.2 Å². The van der Waals surface area contributed by atoms with Gasteiger partial charge in [-0.15, -0.1) is 0 Å². The highest BCUT2D eigenvalue weighted by atomic mass is 31.2. The first-order valence-corrected chi connectivity index (χ1v) is 5.81. The Balaban J connectivity index is 4.19. The summed E-state index contributed by atoms with van der Waals surface area (Å²) in [6.07, 6.45) is 2.81. The molecule has 0 bridgehead atoms. The van der Waals surface area contributed by atoms with Gasteiger partial charge < -0.3 is 9.05 Å². The molecule has 0 aromatic rings. The number of hydrogen-bond acceptors (Lipinski definition) is 4. The number of hydrogen-bond donors (Lipinski definition) is 0. The third kappa shape index (κ3) is 4.86. The minimum Gasteiger partial charge on any atom is -0.388 e. The minimum absolute atomic E-state index is 0.263. The van der Waals surface area contributed by atoms with Gasteiger partial charge in [-0.05, 0) is 6.42 Å². The predicted molar refractivity (Wildman–Crippen MR) is 50.7 cm³/mol. The van der Waals surface area contributed by atoms with Gasteiger partial charge in [-0.2, -0.15) is 0 Å². The van der Waals surface area contributed by atoms with Crippen LogP contribution in [0.15, 0.2) is 12.7 Å². The molecule has 0 aromatic carbocycles. The first-order valence-electron chi connectivity index (χ1n) is 4.08. The summed E-state index contributed by atoms with van der Waals surface area (Å²) in [6.45, 7) is 5.16. The number of rotatable bonds is 6. The summed E-state index contributed by atoms with van der Waals surface area (Å²) in [5.41, 5.74) is 0. The van der Waals surface area contributed by atoms with Crippen molar-refractivity contribution in [1.29, 1.82) is 0 Å². The Labute approximate surface area is 78.5 Å². The molecule has 0 aliphatic heterocycles. The second kappa shape index (κ2) is 5.95. The highest BCUT2D eigenvalue weighted by Crippen LogP contribution is 2.48. The van der Waals surface area contributed by atoms with Crippen molar-refractivity contribution in [3.05, 3.63) is 12.7 Å². The Morgan fingerprint density at radius 2 is 2.23 bits per heavy atom. The van der Waals surface area contributed by atoms with Crippen LogP contribution >= 0.6 is 7.60 Å². The molecule has 0 saturated heterocycles. The molecular weight excluding hydrogens is 191 g/mol. The standard InChI is InChI=1S/C8H15O4P/c1-4-6-7-13(10,11-3)12-8(9)5-2/h5H,2,4,6-7H2,1,3H3. The summed E-state index contributed by atoms with van der Waals surface area (Å²) in [4.78, 5) is 10.8. The molecule has 5 heteroatoms. The molecule has 13 heavy (non-hydrogen) atoms. The van der Waals surface area contributed by atoms with E-state index >= 15 is 0 Å². The Bertz CT molecular complexity index is 224. The summed E-state index contributed by atoms with van der Waals surface area (Å²) in [6, 6.07) is 0. The van der Waals surface area contributed by atoms with Crippen LogP contribution in [0.25, 0.3) is 0 Å². The van der Waals surface area contributed by atoms with Gasteiger partial charge in [-0.3, -0.25) is 0 Å². The summed E-state index contributed by atoms with van der Waals surface area (Å²) in [5, 5.41) is 0. The maximum atomic E-state index is 11.6. The zero-order chi connectivity index (χ0) is 10.3. The van der Waals surface area contributed by atoms with Crippen molar-refractivity contribution in [3.8, 4) is 0 Å². The van der Waals surface area contributed by atoms with Crippen molar-refractivity contribution in [2.24, 2.45) is 0 Å². The average Bonchev–Trinajstić information content (AvgIpc) is 2.14. The molecule has 0 spiro atoms. The van der Waals surface area contributed by atoms with Gasteiger partial charge in [-0.1, -0.05) is 19.9 Å². The molecule has 0 rings (SSSR count). The largest absolute Gasteiger partial charge is 0.388 e. The van der Waals surface area contributed by atoms with E-state index in [9.17, 15) is 9.36 Å². The minimum atomic E-state index is -3.21. The normalized spacial score (nSPS) is 14.6. The van der Waals surface area contributed by atoms with Crippen LogP contribution in [0.2, 0.25) is 0 Å². The maximum Gasteiger partial charge on any atom is 0.381 e. The third-order valence-corrected chi connectivity index (χ3v) is 3.34. The smallest absolute Gasteiger partial charge is 0.381 e. The Morgan fingerprint density at radius 3 is 2.62 bits per heavy atom. The lowest BCUT2D eigenvalue weighted by molar-refractivity contribution is -0.129. The van der Waals surface area contributed by atoms with Crippen LogP contribution < -0.4 is 0 Å². The fourth-order valence-electron chi connectivity index (χ4n) is 0.700. The molecule has 0 saturated carbocycles. The molecule has 1 atom stereocenters. The molecule has 1 unspecified atom stereocenters. The molecule has 0 N–H and O–H groups in total. The first kappa shape index (κ1) is 12.4. The molecule has 0 aliphatic carbocycles. The third-order valence-electron chi connectivity index (χ3n) is 1.46. The monoisotopic (exact) mass is 206 g/mol. The van der Waals surface area contributed by atoms with E-state index in [-0.39, 0.29) is 6.16 Å². The molecule has 76 valence electrons. The van der Waals surface area contributed by atoms with Gasteiger partial charge in [-0.25, -0.2) is 9.36 Å².